The third kappa shape index (κ3) is 3.31. The van der Waals surface area contributed by atoms with E-state index in [1.54, 1.807) is 7.11 Å². The molecule has 2 nitrogen and oxygen atoms in total. The average Bonchev–Trinajstić information content (AvgIpc) is 3.15. The highest BCUT2D eigenvalue weighted by Gasteiger charge is 2.36. The first kappa shape index (κ1) is 15.9. The van der Waals surface area contributed by atoms with Crippen LogP contribution in [0.3, 0.4) is 0 Å². The maximum Gasteiger partial charge on any atom is 0.118 e. The van der Waals surface area contributed by atoms with Gasteiger partial charge in [0.1, 0.15) is 5.75 Å². The number of benzene rings is 3. The van der Waals surface area contributed by atoms with Crippen molar-refractivity contribution in [2.75, 3.05) is 7.11 Å². The molecule has 0 aromatic heterocycles. The smallest absolute Gasteiger partial charge is 0.118 e. The molecule has 1 saturated heterocycles. The lowest BCUT2D eigenvalue weighted by Gasteiger charge is -2.21. The summed E-state index contributed by atoms with van der Waals surface area (Å²) in [6.45, 7) is 0. The molecule has 0 radical (unpaired) electrons. The number of rotatable bonds is 4. The Morgan fingerprint density at radius 3 is 1.92 bits per heavy atom. The Morgan fingerprint density at radius 1 is 0.720 bits per heavy atom. The monoisotopic (exact) mass is 329 g/mol. The van der Waals surface area contributed by atoms with Crippen LogP contribution in [0.25, 0.3) is 0 Å². The third-order valence-corrected chi connectivity index (χ3v) is 5.18. The molecule has 3 aromatic carbocycles. The zero-order chi connectivity index (χ0) is 17.1. The van der Waals surface area contributed by atoms with Crippen molar-refractivity contribution in [1.82, 2.24) is 5.32 Å². The molecule has 1 N–H and O–H groups in total. The lowest BCUT2D eigenvalue weighted by Crippen LogP contribution is -2.19. The fourth-order valence-electron chi connectivity index (χ4n) is 3.88. The number of methoxy groups -OCH3 is 1. The molecule has 0 unspecified atom stereocenters. The second kappa shape index (κ2) is 7.12. The highest BCUT2D eigenvalue weighted by Crippen LogP contribution is 2.45. The molecule has 3 atom stereocenters. The van der Waals surface area contributed by atoms with E-state index in [1.165, 1.54) is 16.7 Å². The van der Waals surface area contributed by atoms with Crippen LogP contribution < -0.4 is 10.1 Å². The first-order valence-electron chi connectivity index (χ1n) is 8.85. The summed E-state index contributed by atoms with van der Waals surface area (Å²) >= 11 is 0. The van der Waals surface area contributed by atoms with Gasteiger partial charge >= 0.3 is 0 Å². The first-order chi connectivity index (χ1) is 12.3. The summed E-state index contributed by atoms with van der Waals surface area (Å²) in [6.07, 6.45) is 1.10. The molecule has 0 aliphatic carbocycles. The van der Waals surface area contributed by atoms with Gasteiger partial charge < -0.3 is 10.1 Å². The highest BCUT2D eigenvalue weighted by molar-refractivity contribution is 5.35. The molecule has 0 amide bonds. The van der Waals surface area contributed by atoms with Crippen molar-refractivity contribution in [3.05, 3.63) is 102 Å². The lowest BCUT2D eigenvalue weighted by atomic mass is 9.86. The van der Waals surface area contributed by atoms with Gasteiger partial charge in [-0.15, -0.1) is 0 Å². The SMILES string of the molecule is COc1ccc([C@@H]2N[C@H](c3ccccc3)C[C@H]2c2ccccc2)cc1. The Balaban J connectivity index is 1.68. The van der Waals surface area contributed by atoms with Gasteiger partial charge in [-0.05, 0) is 35.2 Å². The molecule has 0 saturated carbocycles. The molecule has 1 heterocycles. The van der Waals surface area contributed by atoms with Crippen molar-refractivity contribution < 1.29 is 4.74 Å². The van der Waals surface area contributed by atoms with Gasteiger partial charge in [-0.2, -0.15) is 0 Å². The summed E-state index contributed by atoms with van der Waals surface area (Å²) in [5.41, 5.74) is 4.07. The molecule has 1 aliphatic rings. The van der Waals surface area contributed by atoms with E-state index in [1.807, 2.05) is 0 Å². The standard InChI is InChI=1S/C23H23NO/c1-25-20-14-12-19(13-15-20)23-21(17-8-4-2-5-9-17)16-22(24-23)18-10-6-3-7-11-18/h2-15,21-24H,16H2,1H3/t21-,22-,23-/m0/s1. The van der Waals surface area contributed by atoms with Crippen molar-refractivity contribution in [2.45, 2.75) is 24.4 Å². The molecule has 25 heavy (non-hydrogen) atoms. The summed E-state index contributed by atoms with van der Waals surface area (Å²) in [6, 6.07) is 30.7. The zero-order valence-corrected chi connectivity index (χ0v) is 14.4. The molecule has 0 bridgehead atoms. The lowest BCUT2D eigenvalue weighted by molar-refractivity contribution is 0.414. The number of hydrogen-bond acceptors (Lipinski definition) is 2. The number of hydrogen-bond donors (Lipinski definition) is 1. The van der Waals surface area contributed by atoms with Gasteiger partial charge in [-0.25, -0.2) is 0 Å². The molecule has 3 aromatic rings. The summed E-state index contributed by atoms with van der Waals surface area (Å²) < 4.78 is 5.31. The van der Waals surface area contributed by atoms with Crippen molar-refractivity contribution >= 4 is 0 Å². The fraction of sp³-hybridized carbons (Fsp3) is 0.217. The van der Waals surface area contributed by atoms with Gasteiger partial charge in [-0.3, -0.25) is 0 Å². The minimum atomic E-state index is 0.304. The van der Waals surface area contributed by atoms with E-state index in [2.05, 4.69) is 90.2 Å². The van der Waals surface area contributed by atoms with Crippen molar-refractivity contribution in [3.8, 4) is 5.75 Å². The highest BCUT2D eigenvalue weighted by atomic mass is 16.5. The van der Waals surface area contributed by atoms with Crippen LogP contribution >= 0.6 is 0 Å². The van der Waals surface area contributed by atoms with E-state index in [0.717, 1.165) is 12.2 Å². The van der Waals surface area contributed by atoms with Crippen molar-refractivity contribution in [1.29, 1.82) is 0 Å². The van der Waals surface area contributed by atoms with Gasteiger partial charge in [0.2, 0.25) is 0 Å². The van der Waals surface area contributed by atoms with E-state index < -0.39 is 0 Å². The van der Waals surface area contributed by atoms with E-state index in [9.17, 15) is 0 Å². The maximum absolute atomic E-state index is 5.31. The van der Waals surface area contributed by atoms with Crippen LogP contribution in [-0.4, -0.2) is 7.11 Å². The molecular weight excluding hydrogens is 306 g/mol. The predicted molar refractivity (Wildman–Crippen MR) is 102 cm³/mol. The molecule has 0 spiro atoms. The second-order valence-corrected chi connectivity index (χ2v) is 6.63. The quantitative estimate of drug-likeness (QED) is 0.705. The first-order valence-corrected chi connectivity index (χ1v) is 8.85. The van der Waals surface area contributed by atoms with E-state index >= 15 is 0 Å². The summed E-state index contributed by atoms with van der Waals surface area (Å²) in [5, 5.41) is 3.87. The second-order valence-electron chi connectivity index (χ2n) is 6.63. The van der Waals surface area contributed by atoms with Crippen LogP contribution in [0.4, 0.5) is 0 Å². The van der Waals surface area contributed by atoms with Crippen molar-refractivity contribution in [2.24, 2.45) is 0 Å². The van der Waals surface area contributed by atoms with Gasteiger partial charge in [0.25, 0.3) is 0 Å². The van der Waals surface area contributed by atoms with Crippen molar-refractivity contribution in [3.63, 3.8) is 0 Å². The molecule has 4 rings (SSSR count). The van der Waals surface area contributed by atoms with Crippen LogP contribution in [0, 0.1) is 0 Å². The summed E-state index contributed by atoms with van der Waals surface area (Å²) in [7, 11) is 1.71. The van der Waals surface area contributed by atoms with Gasteiger partial charge in [0.15, 0.2) is 0 Å². The normalized spacial score (nSPS) is 22.7. The minimum absolute atomic E-state index is 0.304. The molecule has 126 valence electrons. The molecular formula is C23H23NO. The number of nitrogens with one attached hydrogen (secondary N) is 1. The molecule has 1 aliphatic heterocycles. The van der Waals surface area contributed by atoms with Crippen LogP contribution in [0.5, 0.6) is 5.75 Å². The van der Waals surface area contributed by atoms with Crippen LogP contribution in [0.15, 0.2) is 84.9 Å². The Kier molecular flexibility index (Phi) is 4.53. The predicted octanol–water partition coefficient (Wildman–Crippen LogP) is 5.25. The Labute approximate surface area is 149 Å². The maximum atomic E-state index is 5.31. The Hall–Kier alpha value is -2.58. The topological polar surface area (TPSA) is 21.3 Å². The van der Waals surface area contributed by atoms with E-state index in [4.69, 9.17) is 4.74 Å². The summed E-state index contributed by atoms with van der Waals surface area (Å²) in [4.78, 5) is 0. The number of ether oxygens (including phenoxy) is 1. The minimum Gasteiger partial charge on any atom is -0.497 e. The van der Waals surface area contributed by atoms with Gasteiger partial charge in [0, 0.05) is 18.0 Å². The summed E-state index contributed by atoms with van der Waals surface area (Å²) in [5.74, 6) is 1.36. The Morgan fingerprint density at radius 2 is 1.32 bits per heavy atom. The van der Waals surface area contributed by atoms with E-state index in [0.29, 0.717) is 18.0 Å². The Bertz CT molecular complexity index is 799. The third-order valence-electron chi connectivity index (χ3n) is 5.18. The van der Waals surface area contributed by atoms with Gasteiger partial charge in [-0.1, -0.05) is 72.8 Å². The molecule has 1 fully saturated rings. The van der Waals surface area contributed by atoms with Crippen LogP contribution in [0.2, 0.25) is 0 Å². The fourth-order valence-corrected chi connectivity index (χ4v) is 3.88. The van der Waals surface area contributed by atoms with E-state index in [-0.39, 0.29) is 0 Å². The largest absolute Gasteiger partial charge is 0.497 e. The zero-order valence-electron chi connectivity index (χ0n) is 14.4. The average molecular weight is 329 g/mol. The van der Waals surface area contributed by atoms with Gasteiger partial charge in [0.05, 0.1) is 7.11 Å². The van der Waals surface area contributed by atoms with Crippen LogP contribution in [-0.2, 0) is 0 Å². The molecule has 2 heteroatoms. The van der Waals surface area contributed by atoms with Crippen LogP contribution in [0.1, 0.15) is 41.1 Å².